The van der Waals surface area contributed by atoms with Crippen molar-refractivity contribution in [2.45, 2.75) is 11.6 Å². The van der Waals surface area contributed by atoms with Gasteiger partial charge in [-0.1, -0.05) is 65.6 Å². The minimum absolute atomic E-state index is 0.0118. The van der Waals surface area contributed by atoms with Gasteiger partial charge in [-0.15, -0.1) is 10.2 Å². The van der Waals surface area contributed by atoms with Crippen molar-refractivity contribution in [3.05, 3.63) is 60.2 Å². The van der Waals surface area contributed by atoms with Crippen molar-refractivity contribution in [1.29, 1.82) is 0 Å². The number of thiazole rings is 1. The molecule has 1 aliphatic heterocycles. The van der Waals surface area contributed by atoms with E-state index in [9.17, 15) is 4.79 Å². The summed E-state index contributed by atoms with van der Waals surface area (Å²) in [4.78, 5) is 13.4. The fourth-order valence-corrected chi connectivity index (χ4v) is 4.96. The summed E-state index contributed by atoms with van der Waals surface area (Å²) in [5.74, 6) is 0.276. The van der Waals surface area contributed by atoms with Crippen molar-refractivity contribution in [3.63, 3.8) is 0 Å². The number of fused-ring (bicyclic) bond motifs is 3. The Morgan fingerprint density at radius 3 is 2.78 bits per heavy atom. The number of carbonyl (C=O) groups excluding carboxylic acids is 1. The first-order valence-corrected chi connectivity index (χ1v) is 10.4. The van der Waals surface area contributed by atoms with Crippen molar-refractivity contribution < 1.29 is 4.79 Å². The highest BCUT2D eigenvalue weighted by Gasteiger charge is 2.22. The zero-order chi connectivity index (χ0) is 18.2. The van der Waals surface area contributed by atoms with Gasteiger partial charge in [0.25, 0.3) is 5.91 Å². The molecule has 0 saturated carbocycles. The standard InChI is InChI=1S/C19H15N5OS2/c25-17(23-11-10-14(22-23)13-6-2-1-3-7-13)12-26-18-20-21-19-24(18)15-8-4-5-9-16(15)27-19/h1-9H,10-12H2. The summed E-state index contributed by atoms with van der Waals surface area (Å²) in [6.07, 6.45) is 0.783. The molecule has 5 rings (SSSR count). The molecule has 0 bridgehead atoms. The van der Waals surface area contributed by atoms with Gasteiger partial charge in [0.2, 0.25) is 4.96 Å². The molecule has 0 unspecified atom stereocenters. The summed E-state index contributed by atoms with van der Waals surface area (Å²) < 4.78 is 3.17. The third-order valence-electron chi connectivity index (χ3n) is 4.43. The van der Waals surface area contributed by atoms with Crippen molar-refractivity contribution in [2.75, 3.05) is 12.3 Å². The molecule has 134 valence electrons. The van der Waals surface area contributed by atoms with E-state index in [-0.39, 0.29) is 11.7 Å². The number of carbonyl (C=O) groups is 1. The number of aromatic nitrogens is 3. The van der Waals surface area contributed by atoms with Crippen LogP contribution in [0.1, 0.15) is 12.0 Å². The molecule has 0 aliphatic carbocycles. The van der Waals surface area contributed by atoms with Crippen LogP contribution in [0.4, 0.5) is 0 Å². The summed E-state index contributed by atoms with van der Waals surface area (Å²) in [5.41, 5.74) is 3.11. The lowest BCUT2D eigenvalue weighted by Gasteiger charge is -2.10. The molecule has 27 heavy (non-hydrogen) atoms. The normalized spacial score (nSPS) is 14.2. The second-order valence-electron chi connectivity index (χ2n) is 6.14. The molecule has 0 saturated heterocycles. The molecule has 0 spiro atoms. The first-order valence-electron chi connectivity index (χ1n) is 8.58. The van der Waals surface area contributed by atoms with Gasteiger partial charge in [0, 0.05) is 6.42 Å². The van der Waals surface area contributed by atoms with Crippen molar-refractivity contribution in [2.24, 2.45) is 5.10 Å². The molecular weight excluding hydrogens is 378 g/mol. The zero-order valence-corrected chi connectivity index (χ0v) is 15.9. The maximum atomic E-state index is 12.6. The average molecular weight is 393 g/mol. The van der Waals surface area contributed by atoms with Crippen molar-refractivity contribution in [1.82, 2.24) is 19.6 Å². The first kappa shape index (κ1) is 16.5. The van der Waals surface area contributed by atoms with Gasteiger partial charge in [-0.05, 0) is 17.7 Å². The molecule has 0 atom stereocenters. The molecule has 8 heteroatoms. The van der Waals surface area contributed by atoms with E-state index in [1.54, 1.807) is 16.3 Å². The van der Waals surface area contributed by atoms with Gasteiger partial charge in [-0.25, -0.2) is 5.01 Å². The van der Waals surface area contributed by atoms with Gasteiger partial charge in [-0.3, -0.25) is 9.20 Å². The van der Waals surface area contributed by atoms with E-state index in [1.165, 1.54) is 11.8 Å². The number of hydrogen-bond acceptors (Lipinski definition) is 6. The molecule has 4 aromatic rings. The number of hydrazone groups is 1. The Morgan fingerprint density at radius 2 is 1.89 bits per heavy atom. The van der Waals surface area contributed by atoms with Crippen LogP contribution in [-0.4, -0.2) is 43.5 Å². The quantitative estimate of drug-likeness (QED) is 0.496. The maximum absolute atomic E-state index is 12.6. The Bertz CT molecular complexity index is 1160. The third kappa shape index (κ3) is 3.00. The molecule has 3 heterocycles. The largest absolute Gasteiger partial charge is 0.272 e. The molecule has 0 fully saturated rings. The fourth-order valence-electron chi connectivity index (χ4n) is 3.12. The number of hydrogen-bond donors (Lipinski definition) is 0. The maximum Gasteiger partial charge on any atom is 0.253 e. The van der Waals surface area contributed by atoms with Crippen LogP contribution in [0.2, 0.25) is 0 Å². The topological polar surface area (TPSA) is 62.9 Å². The molecule has 1 aliphatic rings. The summed E-state index contributed by atoms with van der Waals surface area (Å²) in [5, 5.41) is 15.3. The van der Waals surface area contributed by atoms with Crippen molar-refractivity contribution >= 4 is 49.9 Å². The fraction of sp³-hybridized carbons (Fsp3) is 0.158. The lowest BCUT2D eigenvalue weighted by molar-refractivity contribution is -0.127. The number of rotatable bonds is 4. The van der Waals surface area contributed by atoms with Gasteiger partial charge < -0.3 is 0 Å². The van der Waals surface area contributed by atoms with E-state index in [1.807, 2.05) is 52.9 Å². The molecule has 1 amide bonds. The highest BCUT2D eigenvalue weighted by atomic mass is 32.2. The molecular formula is C19H15N5OS2. The Balaban J connectivity index is 1.33. The minimum Gasteiger partial charge on any atom is -0.272 e. The van der Waals surface area contributed by atoms with E-state index < -0.39 is 0 Å². The van der Waals surface area contributed by atoms with Crippen LogP contribution in [0.3, 0.4) is 0 Å². The molecule has 0 N–H and O–H groups in total. The van der Waals surface area contributed by atoms with Crippen molar-refractivity contribution in [3.8, 4) is 0 Å². The van der Waals surface area contributed by atoms with Crippen LogP contribution < -0.4 is 0 Å². The second kappa shape index (κ2) is 6.79. The van der Waals surface area contributed by atoms with Gasteiger partial charge in [-0.2, -0.15) is 5.10 Å². The van der Waals surface area contributed by atoms with Gasteiger partial charge >= 0.3 is 0 Å². The Hall–Kier alpha value is -2.71. The molecule has 6 nitrogen and oxygen atoms in total. The lowest BCUT2D eigenvalue weighted by atomic mass is 10.1. The Labute approximate surface area is 163 Å². The van der Waals surface area contributed by atoms with Gasteiger partial charge in [0.15, 0.2) is 5.16 Å². The van der Waals surface area contributed by atoms with E-state index in [2.05, 4.69) is 21.4 Å². The Morgan fingerprint density at radius 1 is 1.07 bits per heavy atom. The highest BCUT2D eigenvalue weighted by Crippen LogP contribution is 2.29. The van der Waals surface area contributed by atoms with Crippen LogP contribution in [0.15, 0.2) is 64.9 Å². The summed E-state index contributed by atoms with van der Waals surface area (Å²) in [6.45, 7) is 0.625. The van der Waals surface area contributed by atoms with Crippen LogP contribution in [0.25, 0.3) is 15.2 Å². The van der Waals surface area contributed by atoms with E-state index >= 15 is 0 Å². The van der Waals surface area contributed by atoms with Gasteiger partial charge in [0.05, 0.1) is 28.2 Å². The van der Waals surface area contributed by atoms with Crippen LogP contribution >= 0.6 is 23.1 Å². The van der Waals surface area contributed by atoms with E-state index in [0.29, 0.717) is 6.54 Å². The average Bonchev–Trinajstić information content (AvgIpc) is 3.42. The SMILES string of the molecule is O=C(CSc1nnc2sc3ccccc3n12)N1CCC(c2ccccc2)=N1. The number of nitrogens with zero attached hydrogens (tertiary/aromatic N) is 5. The predicted octanol–water partition coefficient (Wildman–Crippen LogP) is 3.67. The van der Waals surface area contributed by atoms with Crippen LogP contribution in [0, 0.1) is 0 Å². The predicted molar refractivity (Wildman–Crippen MR) is 108 cm³/mol. The van der Waals surface area contributed by atoms with Crippen LogP contribution in [-0.2, 0) is 4.79 Å². The monoisotopic (exact) mass is 393 g/mol. The lowest BCUT2D eigenvalue weighted by Crippen LogP contribution is -2.25. The number of amides is 1. The first-order chi connectivity index (χ1) is 13.3. The van der Waals surface area contributed by atoms with E-state index in [4.69, 9.17) is 0 Å². The van der Waals surface area contributed by atoms with Crippen LogP contribution in [0.5, 0.6) is 0 Å². The third-order valence-corrected chi connectivity index (χ3v) is 6.36. The molecule has 2 aromatic carbocycles. The summed E-state index contributed by atoms with van der Waals surface area (Å²) >= 11 is 3.00. The Kier molecular flexibility index (Phi) is 4.14. The highest BCUT2D eigenvalue weighted by molar-refractivity contribution is 7.99. The second-order valence-corrected chi connectivity index (χ2v) is 8.09. The molecule has 2 aromatic heterocycles. The molecule has 0 radical (unpaired) electrons. The summed E-state index contributed by atoms with van der Waals surface area (Å²) in [6, 6.07) is 18.1. The number of para-hydroxylation sites is 1. The zero-order valence-electron chi connectivity index (χ0n) is 14.3. The smallest absolute Gasteiger partial charge is 0.253 e. The minimum atomic E-state index is -0.0118. The van der Waals surface area contributed by atoms with Gasteiger partial charge in [0.1, 0.15) is 0 Å². The summed E-state index contributed by atoms with van der Waals surface area (Å²) in [7, 11) is 0. The number of benzene rings is 2. The number of thioether (sulfide) groups is 1. The van der Waals surface area contributed by atoms with E-state index in [0.717, 1.165) is 38.0 Å².